The Bertz CT molecular complexity index is 513. The molecule has 0 atom stereocenters. The number of thioether (sulfide) groups is 1. The topological polar surface area (TPSA) is 30.7 Å². The number of hydrogen-bond acceptors (Lipinski definition) is 4. The lowest BCUT2D eigenvalue weighted by Crippen LogP contribution is -2.09. The first-order valence-electron chi connectivity index (χ1n) is 6.90. The lowest BCUT2D eigenvalue weighted by atomic mass is 9.91. The highest BCUT2D eigenvalue weighted by molar-refractivity contribution is 7.99. The first-order valence-corrected chi connectivity index (χ1v) is 8.77. The summed E-state index contributed by atoms with van der Waals surface area (Å²) < 4.78 is 2.12. The van der Waals surface area contributed by atoms with Crippen molar-refractivity contribution in [1.29, 1.82) is 0 Å². The molecule has 0 saturated heterocycles. The van der Waals surface area contributed by atoms with E-state index in [1.165, 1.54) is 42.7 Å². The molecule has 0 aromatic carbocycles. The molecule has 3 rings (SSSR count). The Balaban J connectivity index is 1.65. The molecule has 2 heterocycles. The molecule has 0 amide bonds. The van der Waals surface area contributed by atoms with Crippen molar-refractivity contribution in [2.75, 3.05) is 5.75 Å². The summed E-state index contributed by atoms with van der Waals surface area (Å²) in [7, 11) is 2.07. The van der Waals surface area contributed by atoms with Gasteiger partial charge in [-0.3, -0.25) is 0 Å². The standard InChI is InChI=1S/C14H19N3S2/c1-17-13(12-8-5-9-18-12)15-16-14(17)19-10-11-6-3-2-4-7-11/h5,8-9,11H,2-4,6-7,10H2,1H3. The average molecular weight is 293 g/mol. The van der Waals surface area contributed by atoms with Gasteiger partial charge in [-0.25, -0.2) is 0 Å². The summed E-state index contributed by atoms with van der Waals surface area (Å²) in [5.41, 5.74) is 0. The molecule has 1 aliphatic rings. The van der Waals surface area contributed by atoms with E-state index in [1.54, 1.807) is 11.3 Å². The van der Waals surface area contributed by atoms with Crippen LogP contribution in [0.2, 0.25) is 0 Å². The van der Waals surface area contributed by atoms with Crippen LogP contribution >= 0.6 is 23.1 Å². The van der Waals surface area contributed by atoms with Crippen LogP contribution in [0.3, 0.4) is 0 Å². The molecule has 1 fully saturated rings. The van der Waals surface area contributed by atoms with E-state index in [1.807, 2.05) is 11.8 Å². The van der Waals surface area contributed by atoms with Crippen molar-refractivity contribution >= 4 is 23.1 Å². The normalized spacial score (nSPS) is 16.9. The summed E-state index contributed by atoms with van der Waals surface area (Å²) >= 11 is 3.58. The molecule has 0 bridgehead atoms. The fourth-order valence-corrected chi connectivity index (χ4v) is 4.45. The van der Waals surface area contributed by atoms with E-state index in [9.17, 15) is 0 Å². The zero-order valence-corrected chi connectivity index (χ0v) is 12.8. The molecule has 5 heteroatoms. The van der Waals surface area contributed by atoms with E-state index >= 15 is 0 Å². The van der Waals surface area contributed by atoms with Crippen LogP contribution in [0.15, 0.2) is 22.7 Å². The third-order valence-electron chi connectivity index (χ3n) is 3.75. The van der Waals surface area contributed by atoms with Gasteiger partial charge in [0.15, 0.2) is 11.0 Å². The largest absolute Gasteiger partial charge is 0.305 e. The van der Waals surface area contributed by atoms with Gasteiger partial charge < -0.3 is 4.57 Å². The van der Waals surface area contributed by atoms with Crippen LogP contribution in [0.25, 0.3) is 10.7 Å². The van der Waals surface area contributed by atoms with Crippen molar-refractivity contribution in [1.82, 2.24) is 14.8 Å². The number of rotatable bonds is 4. The number of thiophene rings is 1. The van der Waals surface area contributed by atoms with E-state index < -0.39 is 0 Å². The first-order chi connectivity index (χ1) is 9.34. The van der Waals surface area contributed by atoms with Gasteiger partial charge in [0.05, 0.1) is 4.88 Å². The van der Waals surface area contributed by atoms with E-state index in [0.29, 0.717) is 0 Å². The van der Waals surface area contributed by atoms with Gasteiger partial charge in [-0.1, -0.05) is 37.1 Å². The third kappa shape index (κ3) is 3.03. The molecule has 2 aromatic rings. The van der Waals surface area contributed by atoms with Gasteiger partial charge in [0.1, 0.15) is 0 Å². The molecular weight excluding hydrogens is 274 g/mol. The van der Waals surface area contributed by atoms with Crippen LogP contribution in [-0.4, -0.2) is 20.5 Å². The second-order valence-electron chi connectivity index (χ2n) is 5.16. The molecule has 0 N–H and O–H groups in total. The van der Waals surface area contributed by atoms with E-state index in [2.05, 4.69) is 39.3 Å². The molecule has 19 heavy (non-hydrogen) atoms. The highest BCUT2D eigenvalue weighted by atomic mass is 32.2. The average Bonchev–Trinajstić information content (AvgIpc) is 3.07. The minimum Gasteiger partial charge on any atom is -0.305 e. The first kappa shape index (κ1) is 13.2. The fourth-order valence-electron chi connectivity index (χ4n) is 2.61. The Morgan fingerprint density at radius 1 is 1.32 bits per heavy atom. The third-order valence-corrected chi connectivity index (χ3v) is 5.87. The number of hydrogen-bond donors (Lipinski definition) is 0. The molecule has 1 aliphatic carbocycles. The number of nitrogens with zero attached hydrogens (tertiary/aromatic N) is 3. The predicted molar refractivity (Wildman–Crippen MR) is 81.6 cm³/mol. The molecule has 2 aromatic heterocycles. The minimum atomic E-state index is 0.876. The van der Waals surface area contributed by atoms with Crippen molar-refractivity contribution in [3.8, 4) is 10.7 Å². The smallest absolute Gasteiger partial charge is 0.191 e. The molecule has 1 saturated carbocycles. The zero-order chi connectivity index (χ0) is 13.1. The van der Waals surface area contributed by atoms with Gasteiger partial charge >= 0.3 is 0 Å². The van der Waals surface area contributed by atoms with Crippen molar-refractivity contribution in [2.24, 2.45) is 13.0 Å². The predicted octanol–water partition coefficient (Wildman–Crippen LogP) is 4.22. The number of aromatic nitrogens is 3. The van der Waals surface area contributed by atoms with Gasteiger partial charge in [0, 0.05) is 12.8 Å². The second-order valence-corrected chi connectivity index (χ2v) is 7.09. The molecule has 0 aliphatic heterocycles. The molecule has 0 spiro atoms. The monoisotopic (exact) mass is 293 g/mol. The van der Waals surface area contributed by atoms with Gasteiger partial charge in [-0.15, -0.1) is 21.5 Å². The summed E-state index contributed by atoms with van der Waals surface area (Å²) in [6.07, 6.45) is 7.02. The van der Waals surface area contributed by atoms with E-state index in [0.717, 1.165) is 16.9 Å². The zero-order valence-electron chi connectivity index (χ0n) is 11.2. The Morgan fingerprint density at radius 2 is 2.16 bits per heavy atom. The van der Waals surface area contributed by atoms with Crippen molar-refractivity contribution in [2.45, 2.75) is 37.3 Å². The SMILES string of the molecule is Cn1c(SCC2CCCCC2)nnc1-c1cccs1. The van der Waals surface area contributed by atoms with E-state index in [4.69, 9.17) is 0 Å². The molecule has 0 unspecified atom stereocenters. The van der Waals surface area contributed by atoms with Crippen LogP contribution in [-0.2, 0) is 7.05 Å². The maximum atomic E-state index is 4.34. The van der Waals surface area contributed by atoms with Gasteiger partial charge in [0.25, 0.3) is 0 Å². The summed E-state index contributed by atoms with van der Waals surface area (Å²) in [6, 6.07) is 4.16. The molecular formula is C14H19N3S2. The lowest BCUT2D eigenvalue weighted by Gasteiger charge is -2.20. The lowest BCUT2D eigenvalue weighted by molar-refractivity contribution is 0.390. The van der Waals surface area contributed by atoms with Crippen LogP contribution in [0.4, 0.5) is 0 Å². The van der Waals surface area contributed by atoms with Crippen LogP contribution < -0.4 is 0 Å². The second kappa shape index (κ2) is 6.09. The quantitative estimate of drug-likeness (QED) is 0.791. The summed E-state index contributed by atoms with van der Waals surface area (Å²) in [5, 5.41) is 11.8. The van der Waals surface area contributed by atoms with Gasteiger partial charge in [-0.2, -0.15) is 0 Å². The van der Waals surface area contributed by atoms with Crippen LogP contribution in [0.1, 0.15) is 32.1 Å². The summed E-state index contributed by atoms with van der Waals surface area (Å²) in [4.78, 5) is 1.19. The minimum absolute atomic E-state index is 0.876. The van der Waals surface area contributed by atoms with Gasteiger partial charge in [0.2, 0.25) is 0 Å². The molecule has 3 nitrogen and oxygen atoms in total. The Hall–Kier alpha value is -0.810. The maximum Gasteiger partial charge on any atom is 0.191 e. The Kier molecular flexibility index (Phi) is 4.23. The molecule has 102 valence electrons. The highest BCUT2D eigenvalue weighted by Crippen LogP contribution is 2.31. The van der Waals surface area contributed by atoms with Crippen LogP contribution in [0.5, 0.6) is 0 Å². The Labute approximate surface area is 122 Å². The van der Waals surface area contributed by atoms with Crippen molar-refractivity contribution in [3.63, 3.8) is 0 Å². The highest BCUT2D eigenvalue weighted by Gasteiger charge is 2.16. The molecule has 0 radical (unpaired) electrons. The summed E-state index contributed by atoms with van der Waals surface area (Å²) in [5.74, 6) is 3.05. The summed E-state index contributed by atoms with van der Waals surface area (Å²) in [6.45, 7) is 0. The van der Waals surface area contributed by atoms with Gasteiger partial charge in [-0.05, 0) is 30.2 Å². The van der Waals surface area contributed by atoms with Crippen molar-refractivity contribution < 1.29 is 0 Å². The fraction of sp³-hybridized carbons (Fsp3) is 0.571. The van der Waals surface area contributed by atoms with E-state index in [-0.39, 0.29) is 0 Å². The van der Waals surface area contributed by atoms with Crippen LogP contribution in [0, 0.1) is 5.92 Å². The maximum absolute atomic E-state index is 4.34. The Morgan fingerprint density at radius 3 is 2.89 bits per heavy atom. The van der Waals surface area contributed by atoms with Crippen molar-refractivity contribution in [3.05, 3.63) is 17.5 Å².